The number of sulfonamides is 1. The lowest BCUT2D eigenvalue weighted by molar-refractivity contribution is 0.0983. The van der Waals surface area contributed by atoms with Gasteiger partial charge in [-0.1, -0.05) is 35.6 Å². The van der Waals surface area contributed by atoms with Gasteiger partial charge in [-0.15, -0.1) is 0 Å². The van der Waals surface area contributed by atoms with E-state index in [1.807, 2.05) is 18.2 Å². The Hall–Kier alpha value is -4.02. The van der Waals surface area contributed by atoms with Crippen LogP contribution in [0.1, 0.15) is 21.7 Å². The van der Waals surface area contributed by atoms with Crippen molar-refractivity contribution in [3.05, 3.63) is 108 Å². The number of benzene rings is 3. The highest BCUT2D eigenvalue weighted by Gasteiger charge is 2.31. The van der Waals surface area contributed by atoms with Gasteiger partial charge in [-0.05, 0) is 66.6 Å². The minimum absolute atomic E-state index is 0.0812. The van der Waals surface area contributed by atoms with Crippen LogP contribution >= 0.6 is 11.3 Å². The Balaban J connectivity index is 1.32. The molecule has 6 rings (SSSR count). The zero-order chi connectivity index (χ0) is 25.6. The highest BCUT2D eigenvalue weighted by atomic mass is 32.2. The zero-order valence-corrected chi connectivity index (χ0v) is 21.0. The molecule has 7 nitrogen and oxygen atoms in total. The third-order valence-corrected chi connectivity index (χ3v) is 9.13. The van der Waals surface area contributed by atoms with Crippen molar-refractivity contribution >= 4 is 48.3 Å². The number of halogens is 1. The quantitative estimate of drug-likeness (QED) is 0.283. The number of amides is 1. The fraction of sp³-hybridized carbons (Fsp3) is 0.111. The number of carbonyl (C=O) groups excluding carboxylic acids is 1. The van der Waals surface area contributed by atoms with Crippen LogP contribution in [-0.4, -0.2) is 25.9 Å². The van der Waals surface area contributed by atoms with Crippen molar-refractivity contribution in [2.75, 3.05) is 15.7 Å². The molecule has 2 aromatic heterocycles. The highest BCUT2D eigenvalue weighted by molar-refractivity contribution is 7.92. The Morgan fingerprint density at radius 2 is 1.84 bits per heavy atom. The maximum absolute atomic E-state index is 14.3. The third-order valence-electron chi connectivity index (χ3n) is 6.26. The number of hydrogen-bond acceptors (Lipinski definition) is 6. The Kier molecular flexibility index (Phi) is 5.77. The molecule has 0 atom stereocenters. The zero-order valence-electron chi connectivity index (χ0n) is 19.4. The molecule has 3 heterocycles. The van der Waals surface area contributed by atoms with Crippen LogP contribution in [0.5, 0.6) is 0 Å². The molecule has 186 valence electrons. The summed E-state index contributed by atoms with van der Waals surface area (Å²) in [7, 11) is -3.79. The molecule has 0 bridgehead atoms. The minimum Gasteiger partial charge on any atom is -0.467 e. The lowest BCUT2D eigenvalue weighted by atomic mass is 10.2. The van der Waals surface area contributed by atoms with E-state index in [1.54, 1.807) is 30.3 Å². The van der Waals surface area contributed by atoms with E-state index in [2.05, 4.69) is 4.98 Å². The first-order valence-electron chi connectivity index (χ1n) is 11.5. The molecule has 1 amide bonds. The molecule has 1 aliphatic rings. The summed E-state index contributed by atoms with van der Waals surface area (Å²) in [6.07, 6.45) is 2.16. The van der Waals surface area contributed by atoms with Gasteiger partial charge in [0.15, 0.2) is 5.13 Å². The summed E-state index contributed by atoms with van der Waals surface area (Å²) >= 11 is 1.19. The molecule has 37 heavy (non-hydrogen) atoms. The van der Waals surface area contributed by atoms with Crippen molar-refractivity contribution in [3.63, 3.8) is 0 Å². The first-order valence-corrected chi connectivity index (χ1v) is 13.8. The Morgan fingerprint density at radius 1 is 1.03 bits per heavy atom. The summed E-state index contributed by atoms with van der Waals surface area (Å²) in [6, 6.07) is 21.4. The first-order chi connectivity index (χ1) is 17.9. The average Bonchev–Trinajstić information content (AvgIpc) is 3.67. The molecule has 0 fully saturated rings. The summed E-state index contributed by atoms with van der Waals surface area (Å²) in [6.45, 7) is 0.450. The molecular formula is C27H20FN3O4S2. The van der Waals surface area contributed by atoms with E-state index in [9.17, 15) is 17.6 Å². The molecule has 5 aromatic rings. The van der Waals surface area contributed by atoms with Gasteiger partial charge in [0.2, 0.25) is 0 Å². The Labute approximate surface area is 216 Å². The number of hydrogen-bond donors (Lipinski definition) is 0. The van der Waals surface area contributed by atoms with Crippen LogP contribution in [0.3, 0.4) is 0 Å². The van der Waals surface area contributed by atoms with E-state index in [-0.39, 0.29) is 22.5 Å². The van der Waals surface area contributed by atoms with Gasteiger partial charge in [0.1, 0.15) is 17.1 Å². The second-order valence-corrected chi connectivity index (χ2v) is 11.4. The van der Waals surface area contributed by atoms with Crippen molar-refractivity contribution < 1.29 is 22.0 Å². The molecular weight excluding hydrogens is 513 g/mol. The SMILES string of the molecule is O=C(c1ccc(S(=O)(=O)N2CCc3ccccc32)cc1)N(Cc1ccco1)c1nc2c(F)cccc2s1. The second-order valence-electron chi connectivity index (χ2n) is 8.53. The van der Waals surface area contributed by atoms with Crippen LogP contribution in [0.25, 0.3) is 10.2 Å². The van der Waals surface area contributed by atoms with Gasteiger partial charge in [0, 0.05) is 12.1 Å². The van der Waals surface area contributed by atoms with E-state index in [1.165, 1.54) is 57.1 Å². The molecule has 0 aliphatic carbocycles. The van der Waals surface area contributed by atoms with Crippen molar-refractivity contribution in [1.82, 2.24) is 4.98 Å². The first kappa shape index (κ1) is 23.4. The Morgan fingerprint density at radius 3 is 2.59 bits per heavy atom. The molecule has 0 N–H and O–H groups in total. The molecule has 0 spiro atoms. The van der Waals surface area contributed by atoms with Crippen LogP contribution in [0, 0.1) is 5.82 Å². The fourth-order valence-electron chi connectivity index (χ4n) is 4.41. The van der Waals surface area contributed by atoms with Gasteiger partial charge >= 0.3 is 0 Å². The summed E-state index contributed by atoms with van der Waals surface area (Å²) in [4.78, 5) is 19.5. The van der Waals surface area contributed by atoms with Gasteiger partial charge in [-0.25, -0.2) is 17.8 Å². The van der Waals surface area contributed by atoms with E-state index in [4.69, 9.17) is 4.42 Å². The van der Waals surface area contributed by atoms with Crippen molar-refractivity contribution in [2.24, 2.45) is 0 Å². The third kappa shape index (κ3) is 4.17. The summed E-state index contributed by atoms with van der Waals surface area (Å²) < 4.78 is 48.5. The van der Waals surface area contributed by atoms with Gasteiger partial charge in [0.25, 0.3) is 15.9 Å². The molecule has 3 aromatic carbocycles. The van der Waals surface area contributed by atoms with E-state index >= 15 is 0 Å². The topological polar surface area (TPSA) is 83.7 Å². The number of nitrogens with zero attached hydrogens (tertiary/aromatic N) is 3. The number of para-hydroxylation sites is 2. The summed E-state index contributed by atoms with van der Waals surface area (Å²) in [5.41, 5.74) is 2.12. The van der Waals surface area contributed by atoms with Gasteiger partial charge in [-0.2, -0.15) is 0 Å². The molecule has 10 heteroatoms. The number of furan rings is 1. The molecule has 0 saturated heterocycles. The van der Waals surface area contributed by atoms with Gasteiger partial charge < -0.3 is 4.42 Å². The van der Waals surface area contributed by atoms with Crippen molar-refractivity contribution in [3.8, 4) is 0 Å². The minimum atomic E-state index is -3.79. The molecule has 0 unspecified atom stereocenters. The number of thiazole rings is 1. The van der Waals surface area contributed by atoms with Crippen molar-refractivity contribution in [2.45, 2.75) is 17.9 Å². The molecule has 0 saturated carbocycles. The average molecular weight is 534 g/mol. The lowest BCUT2D eigenvalue weighted by Crippen LogP contribution is -2.31. The number of carbonyl (C=O) groups is 1. The van der Waals surface area contributed by atoms with Crippen LogP contribution in [0.15, 0.2) is 94.4 Å². The van der Waals surface area contributed by atoms with E-state index in [0.717, 1.165) is 5.56 Å². The number of anilines is 2. The monoisotopic (exact) mass is 533 g/mol. The summed E-state index contributed by atoms with van der Waals surface area (Å²) in [5, 5.41) is 0.312. The van der Waals surface area contributed by atoms with E-state index in [0.29, 0.717) is 34.2 Å². The van der Waals surface area contributed by atoms with Gasteiger partial charge in [-0.3, -0.25) is 14.0 Å². The number of fused-ring (bicyclic) bond motifs is 2. The predicted octanol–water partition coefficient (Wildman–Crippen LogP) is 5.63. The molecule has 1 aliphatic heterocycles. The van der Waals surface area contributed by atoms with Crippen LogP contribution in [-0.2, 0) is 23.0 Å². The standard InChI is InChI=1S/C27H20FN3O4S2/c28-22-7-3-9-24-25(22)29-27(36-24)30(17-20-6-4-16-35-20)26(32)19-10-12-21(13-11-19)37(33,34)31-15-14-18-5-1-2-8-23(18)31/h1-13,16H,14-15,17H2. The van der Waals surface area contributed by atoms with Crippen molar-refractivity contribution in [1.29, 1.82) is 0 Å². The second kappa shape index (κ2) is 9.13. The van der Waals surface area contributed by atoms with Gasteiger partial charge in [0.05, 0.1) is 28.1 Å². The normalized spacial score (nSPS) is 13.2. The maximum Gasteiger partial charge on any atom is 0.264 e. The largest absolute Gasteiger partial charge is 0.467 e. The lowest BCUT2D eigenvalue weighted by Gasteiger charge is -2.21. The summed E-state index contributed by atoms with van der Waals surface area (Å²) in [5.74, 6) is -0.352. The predicted molar refractivity (Wildman–Crippen MR) is 140 cm³/mol. The van der Waals surface area contributed by atoms with E-state index < -0.39 is 21.7 Å². The van der Waals surface area contributed by atoms with Crippen LogP contribution < -0.4 is 9.21 Å². The Bertz CT molecular complexity index is 1710. The number of rotatable bonds is 6. The highest BCUT2D eigenvalue weighted by Crippen LogP contribution is 2.34. The fourth-order valence-corrected chi connectivity index (χ4v) is 6.89. The number of aromatic nitrogens is 1. The maximum atomic E-state index is 14.3. The van der Waals surface area contributed by atoms with Crippen LogP contribution in [0.4, 0.5) is 15.2 Å². The molecule has 0 radical (unpaired) electrons. The smallest absolute Gasteiger partial charge is 0.264 e. The van der Waals surface area contributed by atoms with Crippen LogP contribution in [0.2, 0.25) is 0 Å².